The molecule has 3 rings (SSSR count). The Hall–Kier alpha value is -2.33. The van der Waals surface area contributed by atoms with Gasteiger partial charge in [0.15, 0.2) is 0 Å². The van der Waals surface area contributed by atoms with E-state index in [4.69, 9.17) is 5.73 Å². The van der Waals surface area contributed by atoms with E-state index in [1.165, 1.54) is 5.56 Å². The maximum Gasteiger partial charge on any atom is 0.140 e. The van der Waals surface area contributed by atoms with Crippen molar-refractivity contribution in [1.82, 2.24) is 9.55 Å². The average molecular weight is 267 g/mol. The molecule has 1 aromatic heterocycles. The van der Waals surface area contributed by atoms with Gasteiger partial charge in [-0.3, -0.25) is 4.57 Å². The molecule has 102 valence electrons. The molecule has 0 aliphatic rings. The minimum Gasteiger partial charge on any atom is -0.399 e. The standard InChI is InChI=1S/C16H17N3O/c1-2-11-3-6-13(7-4-11)19-15-8-5-12(17)9-14(15)18-16(19)10-20/h3-9,20H,2,10,17H2,1H3. The first-order valence-corrected chi connectivity index (χ1v) is 6.70. The van der Waals surface area contributed by atoms with Crippen molar-refractivity contribution in [2.45, 2.75) is 20.0 Å². The van der Waals surface area contributed by atoms with Crippen molar-refractivity contribution in [3.8, 4) is 5.69 Å². The highest BCUT2D eigenvalue weighted by atomic mass is 16.3. The second-order valence-electron chi connectivity index (χ2n) is 4.79. The number of hydrogen-bond acceptors (Lipinski definition) is 3. The van der Waals surface area contributed by atoms with Gasteiger partial charge in [0, 0.05) is 11.4 Å². The van der Waals surface area contributed by atoms with Crippen LogP contribution in [0.5, 0.6) is 0 Å². The highest BCUT2D eigenvalue weighted by Gasteiger charge is 2.11. The molecule has 0 fully saturated rings. The third-order valence-electron chi connectivity index (χ3n) is 3.49. The van der Waals surface area contributed by atoms with Crippen LogP contribution in [0.3, 0.4) is 0 Å². The van der Waals surface area contributed by atoms with Crippen LogP contribution in [0.1, 0.15) is 18.3 Å². The highest BCUT2D eigenvalue weighted by molar-refractivity contribution is 5.81. The molecule has 0 aliphatic heterocycles. The van der Waals surface area contributed by atoms with Crippen LogP contribution in [-0.2, 0) is 13.0 Å². The zero-order valence-corrected chi connectivity index (χ0v) is 11.4. The lowest BCUT2D eigenvalue weighted by Crippen LogP contribution is -2.01. The van der Waals surface area contributed by atoms with Gasteiger partial charge in [-0.15, -0.1) is 0 Å². The van der Waals surface area contributed by atoms with E-state index >= 15 is 0 Å². The van der Waals surface area contributed by atoms with Gasteiger partial charge in [0.05, 0.1) is 11.0 Å². The molecule has 0 bridgehead atoms. The van der Waals surface area contributed by atoms with E-state index in [0.717, 1.165) is 23.1 Å². The molecule has 20 heavy (non-hydrogen) atoms. The Morgan fingerprint density at radius 3 is 2.55 bits per heavy atom. The van der Waals surface area contributed by atoms with Crippen molar-refractivity contribution in [3.05, 3.63) is 53.9 Å². The summed E-state index contributed by atoms with van der Waals surface area (Å²) in [6, 6.07) is 13.9. The predicted molar refractivity (Wildman–Crippen MR) is 80.8 cm³/mol. The largest absolute Gasteiger partial charge is 0.399 e. The van der Waals surface area contributed by atoms with Gasteiger partial charge >= 0.3 is 0 Å². The number of rotatable bonds is 3. The molecule has 1 heterocycles. The van der Waals surface area contributed by atoms with E-state index in [9.17, 15) is 5.11 Å². The summed E-state index contributed by atoms with van der Waals surface area (Å²) in [7, 11) is 0. The summed E-state index contributed by atoms with van der Waals surface area (Å²) in [5.74, 6) is 0.620. The van der Waals surface area contributed by atoms with E-state index in [0.29, 0.717) is 11.5 Å². The van der Waals surface area contributed by atoms with Crippen LogP contribution < -0.4 is 5.73 Å². The summed E-state index contributed by atoms with van der Waals surface area (Å²) in [4.78, 5) is 4.44. The van der Waals surface area contributed by atoms with Crippen LogP contribution in [0.4, 0.5) is 5.69 Å². The summed E-state index contributed by atoms with van der Waals surface area (Å²) in [6.07, 6.45) is 1.01. The molecule has 0 aliphatic carbocycles. The summed E-state index contributed by atoms with van der Waals surface area (Å²) < 4.78 is 1.97. The average Bonchev–Trinajstić information content (AvgIpc) is 2.84. The van der Waals surface area contributed by atoms with Gasteiger partial charge in [-0.25, -0.2) is 4.98 Å². The Kier molecular flexibility index (Phi) is 3.16. The molecule has 4 nitrogen and oxygen atoms in total. The van der Waals surface area contributed by atoms with Gasteiger partial charge in [-0.2, -0.15) is 0 Å². The van der Waals surface area contributed by atoms with E-state index in [-0.39, 0.29) is 6.61 Å². The van der Waals surface area contributed by atoms with E-state index in [1.807, 2.05) is 22.8 Å². The van der Waals surface area contributed by atoms with Crippen molar-refractivity contribution in [1.29, 1.82) is 0 Å². The van der Waals surface area contributed by atoms with Crippen LogP contribution in [0, 0.1) is 0 Å². The molecule has 0 spiro atoms. The summed E-state index contributed by atoms with van der Waals surface area (Å²) in [5.41, 5.74) is 10.5. The maximum absolute atomic E-state index is 9.54. The molecule has 3 aromatic rings. The van der Waals surface area contributed by atoms with Crippen molar-refractivity contribution in [3.63, 3.8) is 0 Å². The van der Waals surface area contributed by atoms with Gasteiger partial charge < -0.3 is 10.8 Å². The number of nitrogens with zero attached hydrogens (tertiary/aromatic N) is 2. The van der Waals surface area contributed by atoms with Crippen molar-refractivity contribution < 1.29 is 5.11 Å². The smallest absolute Gasteiger partial charge is 0.140 e. The van der Waals surface area contributed by atoms with E-state index in [2.05, 4.69) is 36.2 Å². The van der Waals surface area contributed by atoms with Gasteiger partial charge in [0.1, 0.15) is 12.4 Å². The molecule has 0 atom stereocenters. The third kappa shape index (κ3) is 2.04. The first kappa shape index (κ1) is 12.7. The number of benzene rings is 2. The third-order valence-corrected chi connectivity index (χ3v) is 3.49. The molecular formula is C16H17N3O. The number of imidazole rings is 1. The van der Waals surface area contributed by atoms with Gasteiger partial charge in [-0.1, -0.05) is 19.1 Å². The second kappa shape index (κ2) is 4.98. The topological polar surface area (TPSA) is 64.1 Å². The molecule has 2 aromatic carbocycles. The zero-order chi connectivity index (χ0) is 14.1. The van der Waals surface area contributed by atoms with Gasteiger partial charge in [0.2, 0.25) is 0 Å². The first-order valence-electron chi connectivity index (χ1n) is 6.70. The van der Waals surface area contributed by atoms with Crippen molar-refractivity contribution in [2.75, 3.05) is 5.73 Å². The first-order chi connectivity index (χ1) is 9.72. The molecule has 4 heteroatoms. The number of hydrogen-bond donors (Lipinski definition) is 2. The van der Waals surface area contributed by atoms with Crippen LogP contribution in [-0.4, -0.2) is 14.7 Å². The predicted octanol–water partition coefficient (Wildman–Crippen LogP) is 2.66. The molecular weight excluding hydrogens is 250 g/mol. The fraction of sp³-hybridized carbons (Fsp3) is 0.188. The van der Waals surface area contributed by atoms with Crippen molar-refractivity contribution >= 4 is 16.7 Å². The van der Waals surface area contributed by atoms with Gasteiger partial charge in [-0.05, 0) is 42.3 Å². The minimum absolute atomic E-state index is 0.107. The number of aliphatic hydroxyl groups excluding tert-OH is 1. The Bertz CT molecular complexity index is 744. The Morgan fingerprint density at radius 2 is 1.90 bits per heavy atom. The molecule has 0 radical (unpaired) electrons. The van der Waals surface area contributed by atoms with E-state index in [1.54, 1.807) is 0 Å². The van der Waals surface area contributed by atoms with E-state index < -0.39 is 0 Å². The van der Waals surface area contributed by atoms with Gasteiger partial charge in [0.25, 0.3) is 0 Å². The normalized spacial score (nSPS) is 11.1. The second-order valence-corrected chi connectivity index (χ2v) is 4.79. The number of aryl methyl sites for hydroxylation is 1. The lowest BCUT2D eigenvalue weighted by atomic mass is 10.1. The molecule has 3 N–H and O–H groups in total. The number of nitrogens with two attached hydrogens (primary N) is 1. The summed E-state index contributed by atoms with van der Waals surface area (Å²) in [5, 5.41) is 9.54. The molecule has 0 saturated carbocycles. The number of fused-ring (bicyclic) bond motifs is 1. The Balaban J connectivity index is 2.22. The Morgan fingerprint density at radius 1 is 1.15 bits per heavy atom. The number of aliphatic hydroxyl groups is 1. The van der Waals surface area contributed by atoms with Crippen molar-refractivity contribution in [2.24, 2.45) is 0 Å². The van der Waals surface area contributed by atoms with Crippen LogP contribution >= 0.6 is 0 Å². The van der Waals surface area contributed by atoms with Crippen LogP contribution in [0.2, 0.25) is 0 Å². The molecule has 0 amide bonds. The zero-order valence-electron chi connectivity index (χ0n) is 11.4. The number of aromatic nitrogens is 2. The molecule has 0 unspecified atom stereocenters. The summed E-state index contributed by atoms with van der Waals surface area (Å²) >= 11 is 0. The number of nitrogen functional groups attached to an aromatic ring is 1. The number of anilines is 1. The molecule has 0 saturated heterocycles. The van der Waals surface area contributed by atoms with Crippen LogP contribution in [0.15, 0.2) is 42.5 Å². The highest BCUT2D eigenvalue weighted by Crippen LogP contribution is 2.23. The SMILES string of the molecule is CCc1ccc(-n2c(CO)nc3cc(N)ccc32)cc1. The monoisotopic (exact) mass is 267 g/mol. The fourth-order valence-corrected chi connectivity index (χ4v) is 2.42. The summed E-state index contributed by atoms with van der Waals surface area (Å²) in [6.45, 7) is 2.02. The maximum atomic E-state index is 9.54. The lowest BCUT2D eigenvalue weighted by molar-refractivity contribution is 0.270. The Labute approximate surface area is 117 Å². The fourth-order valence-electron chi connectivity index (χ4n) is 2.42. The minimum atomic E-state index is -0.107. The lowest BCUT2D eigenvalue weighted by Gasteiger charge is -2.08. The quantitative estimate of drug-likeness (QED) is 0.717. The van der Waals surface area contributed by atoms with Crippen LogP contribution in [0.25, 0.3) is 16.7 Å².